The average Bonchev–Trinajstić information content (AvgIpc) is 3.57. The number of carbonyl (C=O) groups excluding carboxylic acids is 3. The SMILES string of the molecule is CCN(CC)C(=O)[C@@H](NC(=O)c1cccc(C)c1)C1CCN(C(=O)C2CC2)CC1. The first-order valence-electron chi connectivity index (χ1n) is 10.9. The summed E-state index contributed by atoms with van der Waals surface area (Å²) in [7, 11) is 0. The maximum absolute atomic E-state index is 13.2. The molecule has 0 bridgehead atoms. The highest BCUT2D eigenvalue weighted by Gasteiger charge is 2.38. The highest BCUT2D eigenvalue weighted by Crippen LogP contribution is 2.33. The minimum atomic E-state index is -0.555. The summed E-state index contributed by atoms with van der Waals surface area (Å²) in [6, 6.07) is 6.86. The third-order valence-corrected chi connectivity index (χ3v) is 6.16. The van der Waals surface area contributed by atoms with Gasteiger partial charge in [-0.2, -0.15) is 0 Å². The second-order valence-electron chi connectivity index (χ2n) is 8.27. The maximum atomic E-state index is 13.2. The van der Waals surface area contributed by atoms with Crippen molar-refractivity contribution >= 4 is 17.7 Å². The number of carbonyl (C=O) groups is 3. The Kier molecular flexibility index (Phi) is 6.93. The fourth-order valence-electron chi connectivity index (χ4n) is 4.17. The van der Waals surface area contributed by atoms with Crippen LogP contribution in [-0.2, 0) is 9.59 Å². The zero-order valence-corrected chi connectivity index (χ0v) is 17.8. The van der Waals surface area contributed by atoms with E-state index in [9.17, 15) is 14.4 Å². The zero-order valence-electron chi connectivity index (χ0n) is 17.8. The van der Waals surface area contributed by atoms with Gasteiger partial charge in [0.25, 0.3) is 5.91 Å². The molecule has 0 unspecified atom stereocenters. The zero-order chi connectivity index (χ0) is 21.0. The highest BCUT2D eigenvalue weighted by atomic mass is 16.2. The fraction of sp³-hybridized carbons (Fsp3) is 0.609. The summed E-state index contributed by atoms with van der Waals surface area (Å²) >= 11 is 0. The van der Waals surface area contributed by atoms with Gasteiger partial charge in [0.1, 0.15) is 6.04 Å². The van der Waals surface area contributed by atoms with E-state index in [2.05, 4.69) is 5.32 Å². The lowest BCUT2D eigenvalue weighted by molar-refractivity contribution is -0.136. The second kappa shape index (κ2) is 9.42. The summed E-state index contributed by atoms with van der Waals surface area (Å²) in [6.07, 6.45) is 3.50. The van der Waals surface area contributed by atoms with Crippen molar-refractivity contribution in [3.8, 4) is 0 Å². The lowest BCUT2D eigenvalue weighted by Crippen LogP contribution is -2.54. The fourth-order valence-corrected chi connectivity index (χ4v) is 4.17. The predicted molar refractivity (Wildman–Crippen MR) is 112 cm³/mol. The summed E-state index contributed by atoms with van der Waals surface area (Å²) in [5, 5.41) is 3.02. The van der Waals surface area contributed by atoms with E-state index >= 15 is 0 Å². The molecule has 29 heavy (non-hydrogen) atoms. The van der Waals surface area contributed by atoms with E-state index in [1.807, 2.05) is 43.9 Å². The van der Waals surface area contributed by atoms with Crippen LogP contribution in [0.3, 0.4) is 0 Å². The Morgan fingerprint density at radius 3 is 2.31 bits per heavy atom. The number of amides is 3. The monoisotopic (exact) mass is 399 g/mol. The number of benzene rings is 1. The van der Waals surface area contributed by atoms with Crippen LogP contribution >= 0.6 is 0 Å². The first-order chi connectivity index (χ1) is 13.9. The summed E-state index contributed by atoms with van der Waals surface area (Å²) in [6.45, 7) is 8.43. The standard InChI is InChI=1S/C23H33N3O3/c1-4-25(5-2)23(29)20(24-21(27)19-8-6-7-16(3)15-19)17-11-13-26(14-12-17)22(28)18-9-10-18/h6-8,15,17-18,20H,4-5,9-14H2,1-3H3,(H,24,27)/t20-/m0/s1. The molecule has 2 aliphatic rings. The van der Waals surface area contributed by atoms with E-state index in [4.69, 9.17) is 0 Å². The summed E-state index contributed by atoms with van der Waals surface area (Å²) in [4.78, 5) is 42.1. The molecule has 1 N–H and O–H groups in total. The molecule has 1 saturated heterocycles. The van der Waals surface area contributed by atoms with Crippen LogP contribution in [0.25, 0.3) is 0 Å². The summed E-state index contributed by atoms with van der Waals surface area (Å²) in [5.74, 6) is 0.290. The summed E-state index contributed by atoms with van der Waals surface area (Å²) in [5.41, 5.74) is 1.58. The van der Waals surface area contributed by atoms with Crippen LogP contribution in [0, 0.1) is 18.8 Å². The van der Waals surface area contributed by atoms with Crippen LogP contribution in [0.2, 0.25) is 0 Å². The molecule has 1 heterocycles. The minimum absolute atomic E-state index is 0.0250. The predicted octanol–water partition coefficient (Wildman–Crippen LogP) is 2.61. The molecule has 6 nitrogen and oxygen atoms in total. The number of hydrogen-bond acceptors (Lipinski definition) is 3. The molecular formula is C23H33N3O3. The lowest BCUT2D eigenvalue weighted by Gasteiger charge is -2.37. The molecule has 1 aliphatic heterocycles. The molecule has 1 atom stereocenters. The average molecular weight is 400 g/mol. The van der Waals surface area contributed by atoms with E-state index in [1.165, 1.54) is 0 Å². The number of rotatable bonds is 7. The van der Waals surface area contributed by atoms with Gasteiger partial charge in [0.05, 0.1) is 0 Å². The minimum Gasteiger partial charge on any atom is -0.342 e. The number of piperidine rings is 1. The molecule has 3 amide bonds. The molecule has 158 valence electrons. The number of likely N-dealkylation sites (N-methyl/N-ethyl adjacent to an activating group) is 1. The largest absolute Gasteiger partial charge is 0.342 e. The molecule has 0 spiro atoms. The Labute approximate surface area is 173 Å². The van der Waals surface area contributed by atoms with Crippen LogP contribution in [0.1, 0.15) is 55.5 Å². The molecule has 1 aliphatic carbocycles. The molecule has 0 aromatic heterocycles. The first-order valence-corrected chi connectivity index (χ1v) is 10.9. The second-order valence-corrected chi connectivity index (χ2v) is 8.27. The Balaban J connectivity index is 1.71. The van der Waals surface area contributed by atoms with Crippen molar-refractivity contribution in [1.29, 1.82) is 0 Å². The van der Waals surface area contributed by atoms with Crippen molar-refractivity contribution in [3.05, 3.63) is 35.4 Å². The van der Waals surface area contributed by atoms with Gasteiger partial charge in [0, 0.05) is 37.7 Å². The van der Waals surface area contributed by atoms with Crippen LogP contribution in [0.4, 0.5) is 0 Å². The summed E-state index contributed by atoms with van der Waals surface area (Å²) < 4.78 is 0. The lowest BCUT2D eigenvalue weighted by atomic mass is 9.88. The third kappa shape index (κ3) is 5.17. The molecule has 6 heteroatoms. The molecule has 1 aromatic carbocycles. The van der Waals surface area contributed by atoms with Gasteiger partial charge in [0.15, 0.2) is 0 Å². The molecule has 0 radical (unpaired) electrons. The Hall–Kier alpha value is -2.37. The smallest absolute Gasteiger partial charge is 0.251 e. The van der Waals surface area contributed by atoms with Crippen molar-refractivity contribution < 1.29 is 14.4 Å². The van der Waals surface area contributed by atoms with Gasteiger partial charge in [-0.3, -0.25) is 14.4 Å². The van der Waals surface area contributed by atoms with Crippen molar-refractivity contribution in [2.75, 3.05) is 26.2 Å². The first kappa shape index (κ1) is 21.3. The van der Waals surface area contributed by atoms with Gasteiger partial charge in [-0.1, -0.05) is 17.7 Å². The van der Waals surface area contributed by atoms with E-state index in [-0.39, 0.29) is 29.6 Å². The number of nitrogens with one attached hydrogen (secondary N) is 1. The number of aryl methyl sites for hydroxylation is 1. The Bertz CT molecular complexity index is 747. The third-order valence-electron chi connectivity index (χ3n) is 6.16. The van der Waals surface area contributed by atoms with Crippen LogP contribution in [-0.4, -0.2) is 59.7 Å². The van der Waals surface area contributed by atoms with E-state index in [0.717, 1.165) is 31.2 Å². The van der Waals surface area contributed by atoms with Gasteiger partial charge < -0.3 is 15.1 Å². The molecular weight excluding hydrogens is 366 g/mol. The van der Waals surface area contributed by atoms with Crippen LogP contribution in [0.5, 0.6) is 0 Å². The normalized spacial score (nSPS) is 18.2. The van der Waals surface area contributed by atoms with Gasteiger partial charge in [-0.15, -0.1) is 0 Å². The number of hydrogen-bond donors (Lipinski definition) is 1. The van der Waals surface area contributed by atoms with Crippen molar-refractivity contribution in [2.24, 2.45) is 11.8 Å². The number of likely N-dealkylation sites (tertiary alicyclic amines) is 1. The van der Waals surface area contributed by atoms with Crippen LogP contribution in [0.15, 0.2) is 24.3 Å². The van der Waals surface area contributed by atoms with E-state index < -0.39 is 6.04 Å². The quantitative estimate of drug-likeness (QED) is 0.766. The Morgan fingerprint density at radius 2 is 1.76 bits per heavy atom. The number of nitrogens with zero attached hydrogens (tertiary/aromatic N) is 2. The topological polar surface area (TPSA) is 69.7 Å². The molecule has 1 aromatic rings. The maximum Gasteiger partial charge on any atom is 0.251 e. The molecule has 3 rings (SSSR count). The van der Waals surface area contributed by atoms with Crippen molar-refractivity contribution in [3.63, 3.8) is 0 Å². The molecule has 1 saturated carbocycles. The van der Waals surface area contributed by atoms with Gasteiger partial charge in [0.2, 0.25) is 11.8 Å². The highest BCUT2D eigenvalue weighted by molar-refractivity contribution is 5.97. The van der Waals surface area contributed by atoms with E-state index in [0.29, 0.717) is 31.7 Å². The Morgan fingerprint density at radius 1 is 1.10 bits per heavy atom. The van der Waals surface area contributed by atoms with Crippen molar-refractivity contribution in [1.82, 2.24) is 15.1 Å². The van der Waals surface area contributed by atoms with Gasteiger partial charge in [-0.05, 0) is 64.5 Å². The van der Waals surface area contributed by atoms with Gasteiger partial charge >= 0.3 is 0 Å². The molecule has 2 fully saturated rings. The van der Waals surface area contributed by atoms with Gasteiger partial charge in [-0.25, -0.2) is 0 Å². The van der Waals surface area contributed by atoms with Crippen molar-refractivity contribution in [2.45, 2.75) is 52.5 Å². The van der Waals surface area contributed by atoms with Crippen LogP contribution < -0.4 is 5.32 Å². The van der Waals surface area contributed by atoms with E-state index in [1.54, 1.807) is 11.0 Å².